The summed E-state index contributed by atoms with van der Waals surface area (Å²) in [7, 11) is 0. The maximum atomic E-state index is 14.0. The number of ether oxygens (including phenoxy) is 3. The summed E-state index contributed by atoms with van der Waals surface area (Å²) >= 11 is 0. The molecule has 2 heterocycles. The molecule has 4 nitrogen and oxygen atoms in total. The van der Waals surface area contributed by atoms with E-state index in [1.165, 1.54) is 0 Å². The maximum Gasteiger partial charge on any atom is 0.240 e. The lowest BCUT2D eigenvalue weighted by Gasteiger charge is -2.36. The molecule has 2 aliphatic rings. The molecule has 1 unspecified atom stereocenters. The molecule has 2 saturated heterocycles. The van der Waals surface area contributed by atoms with Crippen LogP contribution in [0.15, 0.2) is 30.3 Å². The molecule has 2 fully saturated rings. The summed E-state index contributed by atoms with van der Waals surface area (Å²) in [6.07, 6.45) is -2.40. The van der Waals surface area contributed by atoms with Crippen LogP contribution in [0.25, 0.3) is 0 Å². The number of halogens is 1. The third-order valence-corrected chi connectivity index (χ3v) is 3.27. The molecular weight excluding hydrogens is 239 g/mol. The Kier molecular flexibility index (Phi) is 3.07. The molecule has 1 N–H and O–H groups in total. The van der Waals surface area contributed by atoms with E-state index in [4.69, 9.17) is 14.2 Å². The Morgan fingerprint density at radius 1 is 1.39 bits per heavy atom. The van der Waals surface area contributed by atoms with Gasteiger partial charge in [0.1, 0.15) is 12.2 Å². The second kappa shape index (κ2) is 4.59. The van der Waals surface area contributed by atoms with Crippen LogP contribution in [-0.2, 0) is 20.8 Å². The molecule has 0 aliphatic carbocycles. The van der Waals surface area contributed by atoms with Gasteiger partial charge in [-0.15, -0.1) is 0 Å². The number of hydrogen-bond donors (Lipinski definition) is 1. The Morgan fingerprint density at radius 2 is 2.17 bits per heavy atom. The molecular formula is C13H15FO4. The van der Waals surface area contributed by atoms with Crippen molar-refractivity contribution in [2.24, 2.45) is 0 Å². The SMILES string of the molecule is O[C@@]1(F)CC2OC[C@@H](O2)[C@H]1OCc1ccccc1. The van der Waals surface area contributed by atoms with Crippen LogP contribution in [0.5, 0.6) is 0 Å². The first-order valence-electron chi connectivity index (χ1n) is 5.99. The molecule has 3 rings (SSSR count). The van der Waals surface area contributed by atoms with Crippen molar-refractivity contribution in [2.75, 3.05) is 6.61 Å². The van der Waals surface area contributed by atoms with Crippen molar-refractivity contribution in [3.63, 3.8) is 0 Å². The molecule has 2 bridgehead atoms. The molecule has 98 valence electrons. The molecule has 0 aromatic heterocycles. The fourth-order valence-corrected chi connectivity index (χ4v) is 2.37. The first kappa shape index (κ1) is 12.0. The van der Waals surface area contributed by atoms with Crippen molar-refractivity contribution >= 4 is 0 Å². The van der Waals surface area contributed by atoms with Crippen molar-refractivity contribution in [1.29, 1.82) is 0 Å². The van der Waals surface area contributed by atoms with Crippen LogP contribution < -0.4 is 0 Å². The minimum absolute atomic E-state index is 0.205. The largest absolute Gasteiger partial charge is 0.365 e. The number of benzene rings is 1. The fraction of sp³-hybridized carbons (Fsp3) is 0.538. The van der Waals surface area contributed by atoms with Crippen molar-refractivity contribution in [2.45, 2.75) is 37.4 Å². The Hall–Kier alpha value is -1.01. The Balaban J connectivity index is 1.67. The van der Waals surface area contributed by atoms with Crippen LogP contribution in [0.2, 0.25) is 0 Å². The monoisotopic (exact) mass is 254 g/mol. The van der Waals surface area contributed by atoms with Gasteiger partial charge in [0.25, 0.3) is 0 Å². The highest BCUT2D eigenvalue weighted by Gasteiger charge is 2.54. The Labute approximate surface area is 104 Å². The molecule has 5 heteroatoms. The fourth-order valence-electron chi connectivity index (χ4n) is 2.37. The van der Waals surface area contributed by atoms with Crippen molar-refractivity contribution in [3.8, 4) is 0 Å². The second-order valence-corrected chi connectivity index (χ2v) is 4.68. The predicted molar refractivity (Wildman–Crippen MR) is 60.3 cm³/mol. The van der Waals surface area contributed by atoms with Crippen molar-refractivity contribution < 1.29 is 23.7 Å². The average Bonchev–Trinajstić information content (AvgIpc) is 2.73. The van der Waals surface area contributed by atoms with E-state index in [9.17, 15) is 9.50 Å². The maximum absolute atomic E-state index is 14.0. The van der Waals surface area contributed by atoms with Crippen LogP contribution in [0.1, 0.15) is 12.0 Å². The first-order chi connectivity index (χ1) is 8.65. The van der Waals surface area contributed by atoms with Gasteiger partial charge in [-0.3, -0.25) is 0 Å². The number of fused-ring (bicyclic) bond motifs is 2. The lowest BCUT2D eigenvalue weighted by Crippen LogP contribution is -2.53. The molecule has 0 radical (unpaired) electrons. The first-order valence-corrected chi connectivity index (χ1v) is 5.99. The van der Waals surface area contributed by atoms with Crippen molar-refractivity contribution in [1.82, 2.24) is 0 Å². The molecule has 0 saturated carbocycles. The van der Waals surface area contributed by atoms with Gasteiger partial charge >= 0.3 is 0 Å². The lowest BCUT2D eigenvalue weighted by molar-refractivity contribution is -0.278. The van der Waals surface area contributed by atoms with Crippen LogP contribution in [0.4, 0.5) is 4.39 Å². The van der Waals surface area contributed by atoms with Gasteiger partial charge in [0.15, 0.2) is 6.29 Å². The Morgan fingerprint density at radius 3 is 2.94 bits per heavy atom. The topological polar surface area (TPSA) is 47.9 Å². The normalized spacial score (nSPS) is 38.9. The van der Waals surface area contributed by atoms with E-state index in [1.54, 1.807) is 0 Å². The third kappa shape index (κ3) is 2.27. The summed E-state index contributed by atoms with van der Waals surface area (Å²) in [4.78, 5) is 0. The molecule has 4 atom stereocenters. The zero-order valence-corrected chi connectivity index (χ0v) is 9.79. The minimum Gasteiger partial charge on any atom is -0.365 e. The van der Waals surface area contributed by atoms with Gasteiger partial charge in [-0.2, -0.15) is 0 Å². The van der Waals surface area contributed by atoms with Gasteiger partial charge in [0, 0.05) is 0 Å². The summed E-state index contributed by atoms with van der Waals surface area (Å²) < 4.78 is 30.1. The van der Waals surface area contributed by atoms with E-state index in [1.807, 2.05) is 30.3 Å². The summed E-state index contributed by atoms with van der Waals surface area (Å²) in [5.74, 6) is -2.39. The molecule has 0 amide bonds. The highest BCUT2D eigenvalue weighted by Crippen LogP contribution is 2.37. The number of hydrogen-bond acceptors (Lipinski definition) is 4. The summed E-state index contributed by atoms with van der Waals surface area (Å²) in [6.45, 7) is 0.499. The van der Waals surface area contributed by atoms with E-state index in [0.29, 0.717) is 0 Å². The minimum atomic E-state index is -2.39. The molecule has 18 heavy (non-hydrogen) atoms. The third-order valence-electron chi connectivity index (χ3n) is 3.27. The Bertz CT molecular complexity index is 409. The molecule has 2 aliphatic heterocycles. The van der Waals surface area contributed by atoms with E-state index < -0.39 is 24.4 Å². The smallest absolute Gasteiger partial charge is 0.240 e. The number of aliphatic hydroxyl groups is 1. The zero-order valence-electron chi connectivity index (χ0n) is 9.79. The second-order valence-electron chi connectivity index (χ2n) is 4.68. The van der Waals surface area contributed by atoms with Crippen LogP contribution >= 0.6 is 0 Å². The van der Waals surface area contributed by atoms with E-state index in [0.717, 1.165) is 5.56 Å². The van der Waals surface area contributed by atoms with E-state index in [-0.39, 0.29) is 19.6 Å². The van der Waals surface area contributed by atoms with Crippen LogP contribution in [0, 0.1) is 0 Å². The van der Waals surface area contributed by atoms with E-state index in [2.05, 4.69) is 0 Å². The summed E-state index contributed by atoms with van der Waals surface area (Å²) in [5, 5.41) is 9.74. The highest BCUT2D eigenvalue weighted by atomic mass is 19.2. The zero-order chi connectivity index (χ0) is 12.6. The highest BCUT2D eigenvalue weighted by molar-refractivity contribution is 5.13. The van der Waals surface area contributed by atoms with Crippen LogP contribution in [0.3, 0.4) is 0 Å². The van der Waals surface area contributed by atoms with E-state index >= 15 is 0 Å². The van der Waals surface area contributed by atoms with Gasteiger partial charge in [-0.05, 0) is 5.56 Å². The molecule has 0 spiro atoms. The van der Waals surface area contributed by atoms with Gasteiger partial charge in [0.05, 0.1) is 19.6 Å². The molecule has 1 aromatic rings. The van der Waals surface area contributed by atoms with Crippen molar-refractivity contribution in [3.05, 3.63) is 35.9 Å². The average molecular weight is 254 g/mol. The summed E-state index contributed by atoms with van der Waals surface area (Å²) in [6, 6.07) is 9.43. The lowest BCUT2D eigenvalue weighted by atomic mass is 10.0. The standard InChI is InChI=1S/C13H15FO4/c14-13(15)6-11-16-8-10(18-11)12(13)17-7-9-4-2-1-3-5-9/h1-5,10-12,15H,6-8H2/t10-,11?,12-,13+/m1/s1. The predicted octanol–water partition coefficient (Wildman–Crippen LogP) is 1.38. The van der Waals surface area contributed by atoms with Gasteiger partial charge in [0.2, 0.25) is 5.85 Å². The van der Waals surface area contributed by atoms with Crippen LogP contribution in [-0.4, -0.2) is 36.1 Å². The number of alkyl halides is 1. The number of rotatable bonds is 3. The van der Waals surface area contributed by atoms with Gasteiger partial charge in [-0.1, -0.05) is 30.3 Å². The quantitative estimate of drug-likeness (QED) is 0.885. The molecule has 1 aromatic carbocycles. The van der Waals surface area contributed by atoms with Gasteiger partial charge < -0.3 is 19.3 Å². The van der Waals surface area contributed by atoms with Gasteiger partial charge in [-0.25, -0.2) is 4.39 Å². The summed E-state index contributed by atoms with van der Waals surface area (Å²) in [5.41, 5.74) is 0.925.